The maximum Gasteiger partial charge on any atom is 0.292 e. The van der Waals surface area contributed by atoms with Gasteiger partial charge in [0.2, 0.25) is 5.91 Å². The molecule has 2 unspecified atom stereocenters. The molecule has 7 heteroatoms. The minimum absolute atomic E-state index is 0.0155. The average Bonchev–Trinajstić information content (AvgIpc) is 2.75. The molecule has 1 fully saturated rings. The second kappa shape index (κ2) is 5.31. The summed E-state index contributed by atoms with van der Waals surface area (Å²) < 4.78 is 13.1. The Balaban J connectivity index is 2.16. The first-order valence-corrected chi connectivity index (χ1v) is 5.97. The highest BCUT2D eigenvalue weighted by Gasteiger charge is 2.29. The molecule has 2 rings (SSSR count). The van der Waals surface area contributed by atoms with Crippen molar-refractivity contribution < 1.29 is 14.1 Å². The van der Waals surface area contributed by atoms with Crippen LogP contribution < -0.4 is 11.1 Å². The Bertz CT molecular complexity index is 521. The molecule has 1 aromatic carbocycles. The molecule has 0 bridgehead atoms. The quantitative estimate of drug-likeness (QED) is 0.644. The molecule has 1 saturated carbocycles. The van der Waals surface area contributed by atoms with Gasteiger partial charge in [-0.25, -0.2) is 4.39 Å². The molecular weight excluding hydrogens is 253 g/mol. The minimum Gasteiger partial charge on any atom is -0.328 e. The molecule has 0 aromatic heterocycles. The van der Waals surface area contributed by atoms with E-state index in [1.807, 2.05) is 0 Å². The summed E-state index contributed by atoms with van der Waals surface area (Å²) in [5.41, 5.74) is 5.27. The second-order valence-electron chi connectivity index (χ2n) is 4.68. The van der Waals surface area contributed by atoms with E-state index in [0.29, 0.717) is 12.8 Å². The molecule has 0 spiro atoms. The fourth-order valence-electron chi connectivity index (χ4n) is 2.26. The highest BCUT2D eigenvalue weighted by molar-refractivity contribution is 5.94. The van der Waals surface area contributed by atoms with Crippen molar-refractivity contribution in [3.05, 3.63) is 34.1 Å². The van der Waals surface area contributed by atoms with Crippen LogP contribution in [-0.2, 0) is 4.79 Å². The summed E-state index contributed by atoms with van der Waals surface area (Å²) >= 11 is 0. The highest BCUT2D eigenvalue weighted by Crippen LogP contribution is 2.29. The summed E-state index contributed by atoms with van der Waals surface area (Å²) in [6, 6.07) is 2.95. The number of rotatable bonds is 3. The molecule has 1 aliphatic carbocycles. The molecule has 3 N–H and O–H groups in total. The van der Waals surface area contributed by atoms with E-state index in [0.717, 1.165) is 24.6 Å². The number of nitrogens with zero attached hydrogens (tertiary/aromatic N) is 1. The van der Waals surface area contributed by atoms with Crippen LogP contribution in [-0.4, -0.2) is 16.9 Å². The lowest BCUT2D eigenvalue weighted by atomic mass is 10.1. The van der Waals surface area contributed by atoms with Crippen molar-refractivity contribution in [3.63, 3.8) is 0 Å². The second-order valence-corrected chi connectivity index (χ2v) is 4.68. The van der Waals surface area contributed by atoms with Crippen molar-refractivity contribution in [2.24, 2.45) is 11.7 Å². The first kappa shape index (κ1) is 13.4. The maximum atomic E-state index is 13.1. The number of nitrogens with two attached hydrogens (primary N) is 1. The third-order valence-corrected chi connectivity index (χ3v) is 3.26. The van der Waals surface area contributed by atoms with Crippen LogP contribution in [0.15, 0.2) is 18.2 Å². The standard InChI is InChI=1S/C12H14FN3O3/c13-8-2-4-11(16(18)19)10(6-8)15-12(17)7-1-3-9(14)5-7/h2,4,6-7,9H,1,3,5,14H2,(H,15,17). The molecule has 2 atom stereocenters. The predicted octanol–water partition coefficient (Wildman–Crippen LogP) is 1.80. The van der Waals surface area contributed by atoms with Crippen molar-refractivity contribution in [3.8, 4) is 0 Å². The Kier molecular flexibility index (Phi) is 3.75. The van der Waals surface area contributed by atoms with Gasteiger partial charge in [-0.15, -0.1) is 0 Å². The lowest BCUT2D eigenvalue weighted by molar-refractivity contribution is -0.384. The van der Waals surface area contributed by atoms with Crippen LogP contribution in [0.5, 0.6) is 0 Å². The number of amides is 1. The summed E-state index contributed by atoms with van der Waals surface area (Å²) in [6.45, 7) is 0. The van der Waals surface area contributed by atoms with Gasteiger partial charge in [-0.2, -0.15) is 0 Å². The minimum atomic E-state index is -0.657. The van der Waals surface area contributed by atoms with E-state index >= 15 is 0 Å². The number of carbonyl (C=O) groups is 1. The summed E-state index contributed by atoms with van der Waals surface area (Å²) in [7, 11) is 0. The number of nitro benzene ring substituents is 1. The zero-order valence-corrected chi connectivity index (χ0v) is 10.1. The van der Waals surface area contributed by atoms with E-state index in [1.54, 1.807) is 0 Å². The fraction of sp³-hybridized carbons (Fsp3) is 0.417. The number of carbonyl (C=O) groups excluding carboxylic acids is 1. The van der Waals surface area contributed by atoms with Crippen LogP contribution in [0.3, 0.4) is 0 Å². The number of benzene rings is 1. The van der Waals surface area contributed by atoms with E-state index in [1.165, 1.54) is 0 Å². The monoisotopic (exact) mass is 267 g/mol. The third kappa shape index (κ3) is 3.05. The van der Waals surface area contributed by atoms with Gasteiger partial charge >= 0.3 is 0 Å². The van der Waals surface area contributed by atoms with Gasteiger partial charge in [-0.1, -0.05) is 0 Å². The molecule has 1 aromatic rings. The van der Waals surface area contributed by atoms with Crippen molar-refractivity contribution >= 4 is 17.3 Å². The van der Waals surface area contributed by atoms with Crippen molar-refractivity contribution in [1.29, 1.82) is 0 Å². The van der Waals surface area contributed by atoms with Crippen molar-refractivity contribution in [1.82, 2.24) is 0 Å². The fourth-order valence-corrected chi connectivity index (χ4v) is 2.26. The van der Waals surface area contributed by atoms with E-state index in [9.17, 15) is 19.3 Å². The van der Waals surface area contributed by atoms with E-state index in [2.05, 4.69) is 5.32 Å². The predicted molar refractivity (Wildman–Crippen MR) is 67.0 cm³/mol. The zero-order chi connectivity index (χ0) is 14.0. The first-order chi connectivity index (χ1) is 8.97. The lowest BCUT2D eigenvalue weighted by Gasteiger charge is -2.11. The molecular formula is C12H14FN3O3. The number of anilines is 1. The lowest BCUT2D eigenvalue weighted by Crippen LogP contribution is -2.23. The SMILES string of the molecule is NC1CCC(C(=O)Nc2cc(F)ccc2[N+](=O)[O-])C1. The Labute approximate surface area is 108 Å². The average molecular weight is 267 g/mol. The molecule has 0 aliphatic heterocycles. The number of nitrogens with one attached hydrogen (secondary N) is 1. The van der Waals surface area contributed by atoms with Crippen LogP contribution in [0, 0.1) is 21.8 Å². The van der Waals surface area contributed by atoms with Gasteiger partial charge in [0, 0.05) is 24.1 Å². The molecule has 1 aliphatic rings. The number of halogens is 1. The zero-order valence-electron chi connectivity index (χ0n) is 10.1. The molecule has 0 radical (unpaired) electrons. The van der Waals surface area contributed by atoms with Crippen molar-refractivity contribution in [2.45, 2.75) is 25.3 Å². The summed E-state index contributed by atoms with van der Waals surface area (Å²) in [4.78, 5) is 22.1. The molecule has 19 heavy (non-hydrogen) atoms. The maximum absolute atomic E-state index is 13.1. The van der Waals surface area contributed by atoms with Crippen LogP contribution in [0.25, 0.3) is 0 Å². The van der Waals surface area contributed by atoms with E-state index in [-0.39, 0.29) is 29.2 Å². The number of hydrogen-bond donors (Lipinski definition) is 2. The number of hydrogen-bond acceptors (Lipinski definition) is 4. The van der Waals surface area contributed by atoms with Crippen molar-refractivity contribution in [2.75, 3.05) is 5.32 Å². The van der Waals surface area contributed by atoms with Gasteiger partial charge in [0.25, 0.3) is 5.69 Å². The molecule has 6 nitrogen and oxygen atoms in total. The van der Waals surface area contributed by atoms with Crippen LogP contribution in [0.2, 0.25) is 0 Å². The van der Waals surface area contributed by atoms with Crippen LogP contribution in [0.1, 0.15) is 19.3 Å². The van der Waals surface area contributed by atoms with Crippen LogP contribution >= 0.6 is 0 Å². The largest absolute Gasteiger partial charge is 0.328 e. The van der Waals surface area contributed by atoms with Gasteiger partial charge in [0.1, 0.15) is 11.5 Å². The topological polar surface area (TPSA) is 98.3 Å². The highest BCUT2D eigenvalue weighted by atomic mass is 19.1. The normalized spacial score (nSPS) is 22.2. The smallest absolute Gasteiger partial charge is 0.292 e. The summed E-state index contributed by atoms with van der Waals surface area (Å²) in [5, 5.41) is 13.2. The Morgan fingerprint density at radius 3 is 2.79 bits per heavy atom. The Morgan fingerprint density at radius 1 is 1.47 bits per heavy atom. The summed E-state index contributed by atoms with van der Waals surface area (Å²) in [6.07, 6.45) is 1.95. The molecule has 0 saturated heterocycles. The molecule has 102 valence electrons. The van der Waals surface area contributed by atoms with E-state index in [4.69, 9.17) is 5.73 Å². The Hall–Kier alpha value is -2.02. The van der Waals surface area contributed by atoms with Gasteiger partial charge in [-0.3, -0.25) is 14.9 Å². The van der Waals surface area contributed by atoms with Gasteiger partial charge in [0.05, 0.1) is 4.92 Å². The molecule has 1 amide bonds. The van der Waals surface area contributed by atoms with Crippen LogP contribution in [0.4, 0.5) is 15.8 Å². The summed E-state index contributed by atoms with van der Waals surface area (Å²) in [5.74, 6) is -1.25. The van der Waals surface area contributed by atoms with Gasteiger partial charge < -0.3 is 11.1 Å². The Morgan fingerprint density at radius 2 is 2.21 bits per heavy atom. The third-order valence-electron chi connectivity index (χ3n) is 3.26. The van der Waals surface area contributed by atoms with E-state index < -0.39 is 10.7 Å². The molecule has 0 heterocycles. The van der Waals surface area contributed by atoms with Gasteiger partial charge in [0.15, 0.2) is 0 Å². The number of nitro groups is 1. The van der Waals surface area contributed by atoms with Gasteiger partial charge in [-0.05, 0) is 25.3 Å². The first-order valence-electron chi connectivity index (χ1n) is 5.97.